The molecule has 98 valence electrons. The smallest absolute Gasteiger partial charge is 0.110 e. The number of aryl methyl sites for hydroxylation is 1. The molecule has 1 heterocycles. The number of methoxy groups -OCH3 is 1. The van der Waals surface area contributed by atoms with E-state index in [-0.39, 0.29) is 0 Å². The largest absolute Gasteiger partial charge is 0.385 e. The van der Waals surface area contributed by atoms with E-state index in [4.69, 9.17) is 4.74 Å². The molecule has 1 atom stereocenters. The quantitative estimate of drug-likeness (QED) is 0.715. The van der Waals surface area contributed by atoms with Gasteiger partial charge in [0.1, 0.15) is 5.82 Å². The Morgan fingerprint density at radius 1 is 1.47 bits per heavy atom. The molecule has 4 nitrogen and oxygen atoms in total. The van der Waals surface area contributed by atoms with Crippen LogP contribution in [0.2, 0.25) is 0 Å². The summed E-state index contributed by atoms with van der Waals surface area (Å²) in [4.78, 5) is 4.43. The molecule has 0 aliphatic heterocycles. The summed E-state index contributed by atoms with van der Waals surface area (Å²) in [6.07, 6.45) is 7.09. The average molecular weight is 239 g/mol. The predicted molar refractivity (Wildman–Crippen MR) is 70.2 cm³/mol. The Kier molecular flexibility index (Phi) is 6.89. The molecule has 1 rings (SSSR count). The number of nitrogens with zero attached hydrogens (tertiary/aromatic N) is 2. The van der Waals surface area contributed by atoms with E-state index in [1.54, 1.807) is 7.11 Å². The molecule has 0 saturated heterocycles. The fraction of sp³-hybridized carbons (Fsp3) is 0.769. The highest BCUT2D eigenvalue weighted by atomic mass is 16.5. The van der Waals surface area contributed by atoms with Crippen molar-refractivity contribution in [3.63, 3.8) is 0 Å². The molecule has 0 amide bonds. The minimum absolute atomic E-state index is 0.461. The van der Waals surface area contributed by atoms with Crippen LogP contribution in [0.25, 0.3) is 0 Å². The van der Waals surface area contributed by atoms with Crippen LogP contribution in [0.1, 0.15) is 32.5 Å². The molecule has 17 heavy (non-hydrogen) atoms. The summed E-state index contributed by atoms with van der Waals surface area (Å²) in [5.74, 6) is 1.16. The number of aromatic nitrogens is 2. The molecule has 0 spiro atoms. The Balaban J connectivity index is 2.51. The standard InChI is InChI=1S/C13H25N3O/c1-4-7-14-12(6-10-17-3)11-13-15-8-9-16(13)5-2/h8-9,12,14H,4-7,10-11H2,1-3H3. The van der Waals surface area contributed by atoms with Crippen LogP contribution in [0.15, 0.2) is 12.4 Å². The van der Waals surface area contributed by atoms with Gasteiger partial charge in [-0.1, -0.05) is 6.92 Å². The third-order valence-electron chi connectivity index (χ3n) is 2.92. The molecule has 1 aromatic heterocycles. The van der Waals surface area contributed by atoms with Gasteiger partial charge < -0.3 is 14.6 Å². The predicted octanol–water partition coefficient (Wildman–Crippen LogP) is 1.85. The highest BCUT2D eigenvalue weighted by Gasteiger charge is 2.11. The zero-order chi connectivity index (χ0) is 12.5. The van der Waals surface area contributed by atoms with Gasteiger partial charge in [0, 0.05) is 45.1 Å². The number of imidazole rings is 1. The van der Waals surface area contributed by atoms with Gasteiger partial charge in [-0.15, -0.1) is 0 Å². The van der Waals surface area contributed by atoms with E-state index in [9.17, 15) is 0 Å². The molecule has 0 aliphatic rings. The zero-order valence-electron chi connectivity index (χ0n) is 11.3. The Bertz CT molecular complexity index is 291. The maximum Gasteiger partial charge on any atom is 0.110 e. The molecule has 0 fully saturated rings. The highest BCUT2D eigenvalue weighted by molar-refractivity contribution is 4.95. The minimum Gasteiger partial charge on any atom is -0.385 e. The Hall–Kier alpha value is -0.870. The van der Waals surface area contributed by atoms with Gasteiger partial charge in [0.05, 0.1) is 0 Å². The fourth-order valence-electron chi connectivity index (χ4n) is 1.92. The van der Waals surface area contributed by atoms with Crippen molar-refractivity contribution in [2.24, 2.45) is 0 Å². The minimum atomic E-state index is 0.461. The van der Waals surface area contributed by atoms with Crippen molar-refractivity contribution >= 4 is 0 Å². The van der Waals surface area contributed by atoms with E-state index < -0.39 is 0 Å². The Morgan fingerprint density at radius 2 is 2.29 bits per heavy atom. The van der Waals surface area contributed by atoms with Crippen LogP contribution in [0.3, 0.4) is 0 Å². The average Bonchev–Trinajstić information content (AvgIpc) is 2.79. The van der Waals surface area contributed by atoms with Crippen molar-refractivity contribution in [2.75, 3.05) is 20.3 Å². The number of rotatable bonds is 9. The second-order valence-corrected chi connectivity index (χ2v) is 4.27. The number of nitrogens with one attached hydrogen (secondary N) is 1. The van der Waals surface area contributed by atoms with Crippen LogP contribution in [-0.2, 0) is 17.7 Å². The van der Waals surface area contributed by atoms with Gasteiger partial charge in [0.15, 0.2) is 0 Å². The van der Waals surface area contributed by atoms with Gasteiger partial charge >= 0.3 is 0 Å². The fourth-order valence-corrected chi connectivity index (χ4v) is 1.92. The summed E-state index contributed by atoms with van der Waals surface area (Å²) < 4.78 is 7.36. The molecule has 0 aromatic carbocycles. The lowest BCUT2D eigenvalue weighted by Crippen LogP contribution is -2.33. The van der Waals surface area contributed by atoms with Crippen LogP contribution < -0.4 is 5.32 Å². The summed E-state index contributed by atoms with van der Waals surface area (Å²) in [5, 5.41) is 3.56. The van der Waals surface area contributed by atoms with Gasteiger partial charge in [-0.3, -0.25) is 0 Å². The lowest BCUT2D eigenvalue weighted by atomic mass is 10.1. The summed E-state index contributed by atoms with van der Waals surface area (Å²) >= 11 is 0. The second kappa shape index (κ2) is 8.25. The maximum atomic E-state index is 5.16. The van der Waals surface area contributed by atoms with E-state index in [0.29, 0.717) is 6.04 Å². The number of ether oxygens (including phenoxy) is 1. The molecule has 0 radical (unpaired) electrons. The first-order chi connectivity index (χ1) is 8.31. The summed E-state index contributed by atoms with van der Waals surface area (Å²) in [6.45, 7) is 7.18. The summed E-state index contributed by atoms with van der Waals surface area (Å²) in [5.41, 5.74) is 0. The van der Waals surface area contributed by atoms with Crippen molar-refractivity contribution in [2.45, 2.75) is 45.7 Å². The number of hydrogen-bond donors (Lipinski definition) is 1. The van der Waals surface area contributed by atoms with E-state index in [2.05, 4.69) is 28.7 Å². The molecule has 1 aromatic rings. The van der Waals surface area contributed by atoms with Crippen LogP contribution in [0.5, 0.6) is 0 Å². The molecular formula is C13H25N3O. The molecule has 0 aliphatic carbocycles. The van der Waals surface area contributed by atoms with Gasteiger partial charge in [0.2, 0.25) is 0 Å². The van der Waals surface area contributed by atoms with Crippen LogP contribution in [0, 0.1) is 0 Å². The van der Waals surface area contributed by atoms with Crippen molar-refractivity contribution in [1.82, 2.24) is 14.9 Å². The first kappa shape index (κ1) is 14.2. The molecule has 0 bridgehead atoms. The lowest BCUT2D eigenvalue weighted by molar-refractivity contribution is 0.182. The molecule has 4 heteroatoms. The molecule has 1 N–H and O–H groups in total. The number of hydrogen-bond acceptors (Lipinski definition) is 3. The summed E-state index contributed by atoms with van der Waals surface area (Å²) in [7, 11) is 1.75. The van der Waals surface area contributed by atoms with Crippen molar-refractivity contribution in [3.8, 4) is 0 Å². The zero-order valence-corrected chi connectivity index (χ0v) is 11.3. The van der Waals surface area contributed by atoms with E-state index in [1.165, 1.54) is 0 Å². The topological polar surface area (TPSA) is 39.1 Å². The van der Waals surface area contributed by atoms with E-state index in [1.807, 2.05) is 12.4 Å². The van der Waals surface area contributed by atoms with E-state index >= 15 is 0 Å². The lowest BCUT2D eigenvalue weighted by Gasteiger charge is -2.18. The second-order valence-electron chi connectivity index (χ2n) is 4.27. The van der Waals surface area contributed by atoms with Gasteiger partial charge in [-0.05, 0) is 26.3 Å². The highest BCUT2D eigenvalue weighted by Crippen LogP contribution is 2.05. The van der Waals surface area contributed by atoms with Gasteiger partial charge in [-0.25, -0.2) is 4.98 Å². The van der Waals surface area contributed by atoms with Crippen LogP contribution >= 0.6 is 0 Å². The van der Waals surface area contributed by atoms with Crippen LogP contribution in [0.4, 0.5) is 0 Å². The SMILES string of the molecule is CCCNC(CCOC)Cc1nccn1CC. The summed E-state index contributed by atoms with van der Waals surface area (Å²) in [6, 6.07) is 0.461. The Labute approximate surface area is 104 Å². The van der Waals surface area contributed by atoms with Crippen molar-refractivity contribution in [1.29, 1.82) is 0 Å². The molecular weight excluding hydrogens is 214 g/mol. The van der Waals surface area contributed by atoms with Crippen LogP contribution in [-0.4, -0.2) is 35.9 Å². The first-order valence-electron chi connectivity index (χ1n) is 6.54. The van der Waals surface area contributed by atoms with Crippen molar-refractivity contribution < 1.29 is 4.74 Å². The maximum absolute atomic E-state index is 5.16. The normalized spacial score (nSPS) is 12.9. The molecule has 0 saturated carbocycles. The van der Waals surface area contributed by atoms with E-state index in [0.717, 1.165) is 44.8 Å². The van der Waals surface area contributed by atoms with Gasteiger partial charge in [0.25, 0.3) is 0 Å². The Morgan fingerprint density at radius 3 is 2.94 bits per heavy atom. The third-order valence-corrected chi connectivity index (χ3v) is 2.92. The van der Waals surface area contributed by atoms with Crippen molar-refractivity contribution in [3.05, 3.63) is 18.2 Å². The first-order valence-corrected chi connectivity index (χ1v) is 6.54. The third kappa shape index (κ3) is 4.88. The van der Waals surface area contributed by atoms with Gasteiger partial charge in [-0.2, -0.15) is 0 Å². The molecule has 1 unspecified atom stereocenters. The monoisotopic (exact) mass is 239 g/mol.